The standard InChI is InChI=1S/C24H20P.C14H12.CHO.6CO.2Fe/c1-5-13-21(14-6-1)25(22-15-7-2-8-16-22,23-17-9-3-10-18-23)24-19-11-4-12-20-24;1-3-7-13(8-4-1)11-12-14-9-5-2-6-10-14;7*1-2;;/h1-20H;1-12H;1H;;;;;;;;/q+1;-2;-1;;;;;;;;+3. The molecule has 0 fully saturated rings. The second-order valence-corrected chi connectivity index (χ2v) is 12.6. The van der Waals surface area contributed by atoms with E-state index in [-0.39, 0.29) is 34.1 Å². The van der Waals surface area contributed by atoms with Gasteiger partial charge in [0.15, 0.2) is 0 Å². The molecular weight excluding hydrogens is 795 g/mol. The fourth-order valence-corrected chi connectivity index (χ4v) is 9.09. The summed E-state index contributed by atoms with van der Waals surface area (Å²) in [5.74, 6) is 0. The summed E-state index contributed by atoms with van der Waals surface area (Å²) < 4.78 is 45.0. The molecule has 0 aliphatic carbocycles. The van der Waals surface area contributed by atoms with Gasteiger partial charge >= 0.3 is 84.9 Å². The van der Waals surface area contributed by atoms with Crippen molar-refractivity contribution in [1.29, 1.82) is 0 Å². The molecule has 0 bridgehead atoms. The second-order valence-electron chi connectivity index (χ2n) is 9.17. The van der Waals surface area contributed by atoms with Gasteiger partial charge in [0.2, 0.25) is 0 Å². The first-order chi connectivity index (χ1) is 26.4. The van der Waals surface area contributed by atoms with E-state index in [1.807, 2.05) is 36.4 Å². The van der Waals surface area contributed by atoms with Gasteiger partial charge in [-0.25, -0.2) is 24.0 Å². The largest absolute Gasteiger partial charge is 3.00 e. The molecule has 0 heterocycles. The Hall–Kier alpha value is -5.36. The first kappa shape index (κ1) is 58.9. The van der Waals surface area contributed by atoms with Crippen LogP contribution in [0.3, 0.4) is 0 Å². The van der Waals surface area contributed by atoms with Gasteiger partial charge in [-0.2, -0.15) is 24.3 Å². The summed E-state index contributed by atoms with van der Waals surface area (Å²) in [6.07, 6.45) is 4.24. The molecule has 0 aliphatic rings. The molecule has 0 N–H and O–H groups in total. The summed E-state index contributed by atoms with van der Waals surface area (Å²) in [5, 5.41) is 5.55. The Kier molecular flexibility index (Phi) is 46.1. The quantitative estimate of drug-likeness (QED) is 0.0540. The SMILES string of the molecule is [C-]#[O+].[C-]#[O+].[C-]#[O+].[C-]#[O+].[C-]#[O+].[C-]#[O+].[CH-]=O.[Fe+3].[Fe].c1ccc([CH-][CH-]c2ccccc2)cc1.c1ccc([P+](c2ccccc2)(c2ccccc2)c2ccccc2)cc1. The molecule has 6 aromatic rings. The van der Waals surface area contributed by atoms with E-state index in [0.717, 1.165) is 0 Å². The molecule has 0 amide bonds. The third kappa shape index (κ3) is 20.6. The number of carbonyl (C=O) groups excluding carboxylic acids is 1. The average Bonchev–Trinajstić information content (AvgIpc) is 3.30. The minimum absolute atomic E-state index is 0. The third-order valence-electron chi connectivity index (χ3n) is 6.64. The van der Waals surface area contributed by atoms with E-state index >= 15 is 0 Å². The molecule has 275 valence electrons. The minimum atomic E-state index is -1.91. The van der Waals surface area contributed by atoms with Crippen molar-refractivity contribution in [2.24, 2.45) is 0 Å². The molecule has 0 saturated carbocycles. The molecular formula is C45H33Fe2O7P+. The molecule has 0 saturated heterocycles. The predicted octanol–water partition coefficient (Wildman–Crippen LogP) is 7.29. The van der Waals surface area contributed by atoms with Crippen molar-refractivity contribution in [2.75, 3.05) is 0 Å². The van der Waals surface area contributed by atoms with Crippen molar-refractivity contribution in [2.45, 2.75) is 0 Å². The van der Waals surface area contributed by atoms with Crippen LogP contribution >= 0.6 is 7.26 Å². The predicted molar refractivity (Wildman–Crippen MR) is 201 cm³/mol. The van der Waals surface area contributed by atoms with Gasteiger partial charge in [0, 0.05) is 17.1 Å². The third-order valence-corrected chi connectivity index (χ3v) is 10.9. The Morgan fingerprint density at radius 1 is 0.327 bits per heavy atom. The van der Waals surface area contributed by atoms with Gasteiger partial charge < -0.3 is 4.79 Å². The number of hydrogen-bond donors (Lipinski definition) is 0. The molecule has 0 unspecified atom stereocenters. The molecule has 6 aromatic carbocycles. The Morgan fingerprint density at radius 2 is 0.473 bits per heavy atom. The van der Waals surface area contributed by atoms with E-state index < -0.39 is 7.26 Å². The van der Waals surface area contributed by atoms with Crippen LogP contribution in [0.4, 0.5) is 0 Å². The maximum Gasteiger partial charge on any atom is 3.00 e. The first-order valence-electron chi connectivity index (χ1n) is 14.7. The average molecular weight is 828 g/mol. The zero-order valence-electron chi connectivity index (χ0n) is 29.1. The van der Waals surface area contributed by atoms with Gasteiger partial charge in [0.1, 0.15) is 28.5 Å². The summed E-state index contributed by atoms with van der Waals surface area (Å²) >= 11 is 0. The van der Waals surface area contributed by atoms with Crippen molar-refractivity contribution >= 4 is 35.3 Å². The minimum Gasteiger partial charge on any atom is -0.545 e. The van der Waals surface area contributed by atoms with Crippen molar-refractivity contribution in [3.63, 3.8) is 0 Å². The first-order valence-corrected chi connectivity index (χ1v) is 16.5. The van der Waals surface area contributed by atoms with Crippen LogP contribution in [0.2, 0.25) is 0 Å². The van der Waals surface area contributed by atoms with Gasteiger partial charge in [0.05, 0.1) is 0 Å². The maximum atomic E-state index is 7.75. The molecule has 10 heteroatoms. The van der Waals surface area contributed by atoms with Gasteiger partial charge in [0.25, 0.3) is 0 Å². The Bertz CT molecular complexity index is 1590. The Balaban J connectivity index is -0.000000239. The molecule has 1 radical (unpaired) electrons. The van der Waals surface area contributed by atoms with E-state index in [2.05, 4.69) is 205 Å². The van der Waals surface area contributed by atoms with Crippen LogP contribution in [0.15, 0.2) is 182 Å². The van der Waals surface area contributed by atoms with Crippen molar-refractivity contribution in [1.82, 2.24) is 0 Å². The number of benzene rings is 6. The fraction of sp³-hybridized carbons (Fsp3) is 0. The van der Waals surface area contributed by atoms with E-state index in [4.69, 9.17) is 32.7 Å². The summed E-state index contributed by atoms with van der Waals surface area (Å²) in [6.45, 7) is 30.2. The van der Waals surface area contributed by atoms with Crippen LogP contribution in [0.5, 0.6) is 0 Å². The van der Waals surface area contributed by atoms with Gasteiger partial charge in [-0.15, -0.1) is 24.3 Å². The van der Waals surface area contributed by atoms with E-state index in [9.17, 15) is 0 Å². The normalized spacial score (nSPS) is 7.78. The van der Waals surface area contributed by atoms with E-state index in [0.29, 0.717) is 0 Å². The Labute approximate surface area is 346 Å². The summed E-state index contributed by atoms with van der Waals surface area (Å²) in [6, 6.07) is 64.5. The van der Waals surface area contributed by atoms with Crippen molar-refractivity contribution in [3.05, 3.63) is 246 Å². The number of rotatable bonds is 7. The smallest absolute Gasteiger partial charge is 0.545 e. The van der Waals surface area contributed by atoms with Crippen LogP contribution in [0.1, 0.15) is 11.1 Å². The summed E-state index contributed by atoms with van der Waals surface area (Å²) in [5.41, 5.74) is 2.47. The molecule has 7 nitrogen and oxygen atoms in total. The second kappa shape index (κ2) is 43.0. The van der Waals surface area contributed by atoms with E-state index in [1.165, 1.54) is 32.3 Å². The van der Waals surface area contributed by atoms with Crippen LogP contribution in [-0.2, 0) is 66.8 Å². The maximum absolute atomic E-state index is 7.75. The zero-order chi connectivity index (χ0) is 40.6. The van der Waals surface area contributed by atoms with Crippen LogP contribution in [0.25, 0.3) is 0 Å². The monoisotopic (exact) mass is 828 g/mol. The molecule has 0 aromatic heterocycles. The van der Waals surface area contributed by atoms with Gasteiger partial charge in [-0.1, -0.05) is 84.9 Å². The van der Waals surface area contributed by atoms with E-state index in [1.54, 1.807) is 0 Å². The molecule has 0 aliphatic heterocycles. The van der Waals surface area contributed by atoms with Crippen molar-refractivity contribution < 1.29 is 66.8 Å². The fourth-order valence-electron chi connectivity index (χ4n) is 4.82. The number of hydrogen-bond acceptors (Lipinski definition) is 1. The molecule has 55 heavy (non-hydrogen) atoms. The van der Waals surface area contributed by atoms with Crippen LogP contribution in [0, 0.1) is 52.7 Å². The topological polar surface area (TPSA) is 136 Å². The molecule has 6 rings (SSSR count). The summed E-state index contributed by atoms with van der Waals surface area (Å²) in [7, 11) is -1.91. The Morgan fingerprint density at radius 3 is 0.636 bits per heavy atom. The summed E-state index contributed by atoms with van der Waals surface area (Å²) in [4.78, 5) is 7.75. The molecule has 0 spiro atoms. The van der Waals surface area contributed by atoms with Crippen LogP contribution in [-0.4, -0.2) is 6.79 Å². The molecule has 0 atom stereocenters. The zero-order valence-corrected chi connectivity index (χ0v) is 32.2. The van der Waals surface area contributed by atoms with Gasteiger partial charge in [-0.05, 0) is 48.5 Å². The van der Waals surface area contributed by atoms with Crippen molar-refractivity contribution in [3.8, 4) is 0 Å². The van der Waals surface area contributed by atoms with Gasteiger partial charge in [-0.3, -0.25) is 6.79 Å². The van der Waals surface area contributed by atoms with Crippen LogP contribution < -0.4 is 21.2 Å².